The molecule has 2 amide bonds. The molecule has 0 bridgehead atoms. The van der Waals surface area contributed by atoms with E-state index in [1.165, 1.54) is 13.8 Å². The SMILES string of the molecule is CC(=O)Nc1ccc(-c2c[c]ccc2NC(C)=O)cc1. The molecule has 0 fully saturated rings. The van der Waals surface area contributed by atoms with E-state index in [-0.39, 0.29) is 11.8 Å². The lowest BCUT2D eigenvalue weighted by Crippen LogP contribution is -2.07. The maximum absolute atomic E-state index is 11.2. The van der Waals surface area contributed by atoms with Gasteiger partial charge in [-0.2, -0.15) is 0 Å². The van der Waals surface area contributed by atoms with Crippen molar-refractivity contribution in [2.75, 3.05) is 10.6 Å². The van der Waals surface area contributed by atoms with Crippen LogP contribution >= 0.6 is 0 Å². The molecule has 2 aromatic carbocycles. The van der Waals surface area contributed by atoms with E-state index in [0.717, 1.165) is 22.5 Å². The average Bonchev–Trinajstić information content (AvgIpc) is 2.39. The summed E-state index contributed by atoms with van der Waals surface area (Å²) in [7, 11) is 0. The van der Waals surface area contributed by atoms with E-state index >= 15 is 0 Å². The van der Waals surface area contributed by atoms with Gasteiger partial charge in [-0.1, -0.05) is 18.2 Å². The molecule has 0 unspecified atom stereocenters. The Labute approximate surface area is 117 Å². The smallest absolute Gasteiger partial charge is 0.221 e. The molecule has 4 heteroatoms. The maximum Gasteiger partial charge on any atom is 0.221 e. The molecule has 2 aromatic rings. The largest absolute Gasteiger partial charge is 0.326 e. The van der Waals surface area contributed by atoms with Crippen molar-refractivity contribution in [3.8, 4) is 11.1 Å². The van der Waals surface area contributed by atoms with Gasteiger partial charge in [0.25, 0.3) is 0 Å². The summed E-state index contributed by atoms with van der Waals surface area (Å²) >= 11 is 0. The molecule has 0 aliphatic carbocycles. The van der Waals surface area contributed by atoms with Gasteiger partial charge < -0.3 is 10.6 Å². The number of nitrogens with one attached hydrogen (secondary N) is 2. The fraction of sp³-hybridized carbons (Fsp3) is 0.125. The van der Waals surface area contributed by atoms with Gasteiger partial charge in [0.2, 0.25) is 11.8 Å². The van der Waals surface area contributed by atoms with Crippen LogP contribution in [0.3, 0.4) is 0 Å². The number of amides is 2. The molecule has 101 valence electrons. The molecular weight excluding hydrogens is 252 g/mol. The fourth-order valence-corrected chi connectivity index (χ4v) is 1.90. The highest BCUT2D eigenvalue weighted by Gasteiger charge is 2.06. The highest BCUT2D eigenvalue weighted by Crippen LogP contribution is 2.28. The van der Waals surface area contributed by atoms with Crippen LogP contribution in [0.1, 0.15) is 13.8 Å². The molecule has 2 N–H and O–H groups in total. The molecule has 0 spiro atoms. The van der Waals surface area contributed by atoms with Gasteiger partial charge in [0, 0.05) is 30.8 Å². The van der Waals surface area contributed by atoms with Gasteiger partial charge in [-0.05, 0) is 35.9 Å². The van der Waals surface area contributed by atoms with Crippen LogP contribution in [0.15, 0.2) is 42.5 Å². The summed E-state index contributed by atoms with van der Waals surface area (Å²) < 4.78 is 0. The average molecular weight is 267 g/mol. The Kier molecular flexibility index (Phi) is 4.15. The molecule has 0 aliphatic heterocycles. The first-order valence-corrected chi connectivity index (χ1v) is 6.22. The number of rotatable bonds is 3. The molecule has 1 radical (unpaired) electrons. The zero-order valence-corrected chi connectivity index (χ0v) is 11.4. The Balaban J connectivity index is 2.31. The number of anilines is 2. The fourth-order valence-electron chi connectivity index (χ4n) is 1.90. The van der Waals surface area contributed by atoms with E-state index in [1.807, 2.05) is 30.3 Å². The molecule has 0 aromatic heterocycles. The van der Waals surface area contributed by atoms with Gasteiger partial charge in [-0.3, -0.25) is 9.59 Å². The molecule has 2 rings (SSSR count). The van der Waals surface area contributed by atoms with Gasteiger partial charge in [0.05, 0.1) is 0 Å². The predicted molar refractivity (Wildman–Crippen MR) is 79.3 cm³/mol. The van der Waals surface area contributed by atoms with Crippen LogP contribution in [0.25, 0.3) is 11.1 Å². The van der Waals surface area contributed by atoms with Crippen molar-refractivity contribution in [3.63, 3.8) is 0 Å². The van der Waals surface area contributed by atoms with Crippen molar-refractivity contribution in [2.24, 2.45) is 0 Å². The van der Waals surface area contributed by atoms with Crippen molar-refractivity contribution >= 4 is 23.2 Å². The van der Waals surface area contributed by atoms with E-state index in [2.05, 4.69) is 16.7 Å². The predicted octanol–water partition coefficient (Wildman–Crippen LogP) is 3.07. The van der Waals surface area contributed by atoms with Crippen LogP contribution in [-0.4, -0.2) is 11.8 Å². The minimum Gasteiger partial charge on any atom is -0.326 e. The molecule has 4 nitrogen and oxygen atoms in total. The lowest BCUT2D eigenvalue weighted by atomic mass is 10.0. The first-order chi connectivity index (χ1) is 9.56. The Morgan fingerprint density at radius 1 is 0.950 bits per heavy atom. The highest BCUT2D eigenvalue weighted by atomic mass is 16.2. The number of hydrogen-bond donors (Lipinski definition) is 2. The van der Waals surface area contributed by atoms with E-state index in [4.69, 9.17) is 0 Å². The second-order valence-corrected chi connectivity index (χ2v) is 4.41. The van der Waals surface area contributed by atoms with E-state index in [1.54, 1.807) is 12.1 Å². The van der Waals surface area contributed by atoms with Gasteiger partial charge in [-0.15, -0.1) is 0 Å². The molecule has 0 saturated heterocycles. The number of hydrogen-bond acceptors (Lipinski definition) is 2. The molecule has 0 heterocycles. The molecular formula is C16H15N2O2. The Morgan fingerprint density at radius 3 is 2.20 bits per heavy atom. The van der Waals surface area contributed by atoms with Gasteiger partial charge in [0.15, 0.2) is 0 Å². The third kappa shape index (κ3) is 3.45. The lowest BCUT2D eigenvalue weighted by Gasteiger charge is -2.10. The third-order valence-corrected chi connectivity index (χ3v) is 2.69. The standard InChI is InChI=1S/C16H15N2O2/c1-11(19)17-14-9-7-13(8-10-14)15-5-3-4-6-16(15)18-12(2)20/h4-10H,1-2H3,(H,17,19)(H,18,20). The molecule has 0 atom stereocenters. The number of carbonyl (C=O) groups is 2. The third-order valence-electron chi connectivity index (χ3n) is 2.69. The van der Waals surface area contributed by atoms with Crippen molar-refractivity contribution in [1.29, 1.82) is 0 Å². The summed E-state index contributed by atoms with van der Waals surface area (Å²) in [6.45, 7) is 2.94. The topological polar surface area (TPSA) is 58.2 Å². The number of carbonyl (C=O) groups excluding carboxylic acids is 2. The van der Waals surface area contributed by atoms with Crippen LogP contribution < -0.4 is 10.6 Å². The monoisotopic (exact) mass is 267 g/mol. The molecule has 0 aliphatic rings. The first-order valence-electron chi connectivity index (χ1n) is 6.22. The van der Waals surface area contributed by atoms with Crippen molar-refractivity contribution in [1.82, 2.24) is 0 Å². The summed E-state index contributed by atoms with van der Waals surface area (Å²) in [6, 6.07) is 15.8. The Bertz CT molecular complexity index is 633. The normalized spacial score (nSPS) is 9.90. The van der Waals surface area contributed by atoms with Crippen LogP contribution in [0, 0.1) is 6.07 Å². The van der Waals surface area contributed by atoms with Crippen molar-refractivity contribution in [3.05, 3.63) is 48.5 Å². The molecule has 0 saturated carbocycles. The summed E-state index contributed by atoms with van der Waals surface area (Å²) in [5, 5.41) is 5.50. The summed E-state index contributed by atoms with van der Waals surface area (Å²) in [4.78, 5) is 22.2. The number of benzene rings is 2. The second-order valence-electron chi connectivity index (χ2n) is 4.41. The lowest BCUT2D eigenvalue weighted by molar-refractivity contribution is -0.115. The van der Waals surface area contributed by atoms with Crippen molar-refractivity contribution in [2.45, 2.75) is 13.8 Å². The Morgan fingerprint density at radius 2 is 1.60 bits per heavy atom. The summed E-state index contributed by atoms with van der Waals surface area (Å²) in [6.07, 6.45) is 0. The highest BCUT2D eigenvalue weighted by molar-refractivity contribution is 5.94. The maximum atomic E-state index is 11.2. The van der Waals surface area contributed by atoms with E-state index in [9.17, 15) is 9.59 Å². The quantitative estimate of drug-likeness (QED) is 0.897. The zero-order valence-electron chi connectivity index (χ0n) is 11.4. The zero-order chi connectivity index (χ0) is 14.5. The molecule has 20 heavy (non-hydrogen) atoms. The summed E-state index contributed by atoms with van der Waals surface area (Å²) in [5.74, 6) is -0.225. The van der Waals surface area contributed by atoms with E-state index < -0.39 is 0 Å². The van der Waals surface area contributed by atoms with Crippen LogP contribution in [0.4, 0.5) is 11.4 Å². The van der Waals surface area contributed by atoms with E-state index in [0.29, 0.717) is 0 Å². The van der Waals surface area contributed by atoms with Crippen LogP contribution in [0.5, 0.6) is 0 Å². The van der Waals surface area contributed by atoms with Gasteiger partial charge in [0.1, 0.15) is 0 Å². The first kappa shape index (κ1) is 13.8. The summed E-state index contributed by atoms with van der Waals surface area (Å²) in [5.41, 5.74) is 3.31. The van der Waals surface area contributed by atoms with Crippen LogP contribution in [-0.2, 0) is 9.59 Å². The van der Waals surface area contributed by atoms with Gasteiger partial charge >= 0.3 is 0 Å². The minimum absolute atomic E-state index is 0.107. The second kappa shape index (κ2) is 6.02. The van der Waals surface area contributed by atoms with Crippen LogP contribution in [0.2, 0.25) is 0 Å². The minimum atomic E-state index is -0.118. The Hall–Kier alpha value is -2.62. The van der Waals surface area contributed by atoms with Gasteiger partial charge in [-0.25, -0.2) is 0 Å². The van der Waals surface area contributed by atoms with Crippen molar-refractivity contribution < 1.29 is 9.59 Å².